The lowest BCUT2D eigenvalue weighted by Crippen LogP contribution is -2.61. The van der Waals surface area contributed by atoms with Gasteiger partial charge in [-0.3, -0.25) is 0 Å². The molecule has 1 spiro atoms. The van der Waals surface area contributed by atoms with E-state index in [-0.39, 0.29) is 0 Å². The van der Waals surface area contributed by atoms with E-state index in [1.54, 1.807) is 0 Å². The van der Waals surface area contributed by atoms with E-state index in [1.807, 2.05) is 0 Å². The fourth-order valence-corrected chi connectivity index (χ4v) is 2.85. The van der Waals surface area contributed by atoms with Crippen molar-refractivity contribution in [2.75, 3.05) is 32.7 Å². The number of unbranched alkanes of at least 4 members (excludes halogenated alkanes) is 2. The van der Waals surface area contributed by atoms with Crippen molar-refractivity contribution in [3.63, 3.8) is 0 Å². The van der Waals surface area contributed by atoms with Crippen molar-refractivity contribution in [3.05, 3.63) is 0 Å². The average Bonchev–Trinajstić information content (AvgIpc) is 2.17. The molecule has 0 aromatic rings. The van der Waals surface area contributed by atoms with Crippen LogP contribution in [-0.2, 0) is 0 Å². The fraction of sp³-hybridized carbons (Fsp3) is 1.00. The second-order valence-electron chi connectivity index (χ2n) is 5.19. The van der Waals surface area contributed by atoms with E-state index in [2.05, 4.69) is 17.1 Å². The summed E-state index contributed by atoms with van der Waals surface area (Å²) in [5.74, 6) is 0. The van der Waals surface area contributed by atoms with E-state index >= 15 is 0 Å². The van der Waals surface area contributed by atoms with Gasteiger partial charge in [0.2, 0.25) is 0 Å². The van der Waals surface area contributed by atoms with Crippen molar-refractivity contribution < 1.29 is 0 Å². The van der Waals surface area contributed by atoms with Crippen LogP contribution in [0.25, 0.3) is 0 Å². The smallest absolute Gasteiger partial charge is 0.00802 e. The third-order valence-electron chi connectivity index (χ3n) is 3.82. The van der Waals surface area contributed by atoms with Gasteiger partial charge in [-0.1, -0.05) is 19.8 Å². The highest BCUT2D eigenvalue weighted by atomic mass is 15.2. The molecule has 0 saturated carbocycles. The average molecular weight is 196 g/mol. The molecule has 1 N–H and O–H groups in total. The van der Waals surface area contributed by atoms with Gasteiger partial charge >= 0.3 is 0 Å². The van der Waals surface area contributed by atoms with E-state index < -0.39 is 0 Å². The standard InChI is InChI=1S/C12H24N2/c1-2-3-4-7-14-8-5-6-12(11-14)9-13-10-12/h13H,2-11H2,1H3. The molecule has 0 amide bonds. The van der Waals surface area contributed by atoms with Gasteiger partial charge in [-0.15, -0.1) is 0 Å². The molecule has 2 saturated heterocycles. The zero-order valence-electron chi connectivity index (χ0n) is 9.52. The molecule has 0 aliphatic carbocycles. The van der Waals surface area contributed by atoms with Gasteiger partial charge in [0.05, 0.1) is 0 Å². The van der Waals surface area contributed by atoms with E-state index in [0.29, 0.717) is 5.41 Å². The molecule has 2 heterocycles. The first kappa shape index (κ1) is 10.4. The molecule has 2 rings (SSSR count). The Morgan fingerprint density at radius 2 is 2.14 bits per heavy atom. The molecular weight excluding hydrogens is 172 g/mol. The zero-order chi connectivity index (χ0) is 9.86. The van der Waals surface area contributed by atoms with E-state index in [0.717, 1.165) is 0 Å². The summed E-state index contributed by atoms with van der Waals surface area (Å²) in [6.07, 6.45) is 7.04. The number of likely N-dealkylation sites (tertiary alicyclic amines) is 1. The van der Waals surface area contributed by atoms with Crippen LogP contribution in [0.4, 0.5) is 0 Å². The lowest BCUT2D eigenvalue weighted by molar-refractivity contribution is 0.0409. The van der Waals surface area contributed by atoms with Crippen molar-refractivity contribution in [1.82, 2.24) is 10.2 Å². The number of hydrogen-bond donors (Lipinski definition) is 1. The minimum Gasteiger partial charge on any atom is -0.315 e. The first-order valence-electron chi connectivity index (χ1n) is 6.28. The molecule has 14 heavy (non-hydrogen) atoms. The van der Waals surface area contributed by atoms with Gasteiger partial charge in [0.25, 0.3) is 0 Å². The monoisotopic (exact) mass is 196 g/mol. The zero-order valence-corrected chi connectivity index (χ0v) is 9.52. The summed E-state index contributed by atoms with van der Waals surface area (Å²) >= 11 is 0. The minimum atomic E-state index is 0.685. The number of piperidine rings is 1. The SMILES string of the molecule is CCCCCN1CCCC2(CNC2)C1. The lowest BCUT2D eigenvalue weighted by atomic mass is 9.75. The number of rotatable bonds is 4. The van der Waals surface area contributed by atoms with Crippen molar-refractivity contribution in [3.8, 4) is 0 Å². The Balaban J connectivity index is 1.71. The van der Waals surface area contributed by atoms with Gasteiger partial charge in [-0.25, -0.2) is 0 Å². The van der Waals surface area contributed by atoms with Crippen LogP contribution in [-0.4, -0.2) is 37.6 Å². The maximum atomic E-state index is 3.43. The number of nitrogens with zero attached hydrogens (tertiary/aromatic N) is 1. The fourth-order valence-electron chi connectivity index (χ4n) is 2.85. The summed E-state index contributed by atoms with van der Waals surface area (Å²) in [6, 6.07) is 0. The number of hydrogen-bond acceptors (Lipinski definition) is 2. The molecular formula is C12H24N2. The Morgan fingerprint density at radius 1 is 1.29 bits per heavy atom. The summed E-state index contributed by atoms with van der Waals surface area (Å²) in [5, 5.41) is 3.43. The number of nitrogens with one attached hydrogen (secondary N) is 1. The molecule has 2 aliphatic heterocycles. The van der Waals surface area contributed by atoms with Crippen LogP contribution >= 0.6 is 0 Å². The molecule has 0 unspecified atom stereocenters. The normalized spacial score (nSPS) is 26.4. The molecule has 0 atom stereocenters. The van der Waals surface area contributed by atoms with E-state index in [9.17, 15) is 0 Å². The van der Waals surface area contributed by atoms with Crippen LogP contribution in [0.5, 0.6) is 0 Å². The van der Waals surface area contributed by atoms with Crippen LogP contribution in [0, 0.1) is 5.41 Å². The van der Waals surface area contributed by atoms with Gasteiger partial charge in [0.1, 0.15) is 0 Å². The first-order chi connectivity index (χ1) is 6.85. The summed E-state index contributed by atoms with van der Waals surface area (Å²) in [4.78, 5) is 2.69. The van der Waals surface area contributed by atoms with Crippen LogP contribution in [0.1, 0.15) is 39.0 Å². The summed E-state index contributed by atoms with van der Waals surface area (Å²) < 4.78 is 0. The third-order valence-corrected chi connectivity index (χ3v) is 3.82. The Kier molecular flexibility index (Phi) is 3.45. The predicted molar refractivity (Wildman–Crippen MR) is 60.5 cm³/mol. The quantitative estimate of drug-likeness (QED) is 0.690. The first-order valence-corrected chi connectivity index (χ1v) is 6.28. The van der Waals surface area contributed by atoms with Gasteiger partial charge in [-0.05, 0) is 32.4 Å². The van der Waals surface area contributed by atoms with Gasteiger partial charge < -0.3 is 10.2 Å². The molecule has 2 nitrogen and oxygen atoms in total. The summed E-state index contributed by atoms with van der Waals surface area (Å²) in [5.41, 5.74) is 0.685. The lowest BCUT2D eigenvalue weighted by Gasteiger charge is -2.49. The van der Waals surface area contributed by atoms with Crippen LogP contribution in [0.2, 0.25) is 0 Å². The second kappa shape index (κ2) is 4.63. The maximum Gasteiger partial charge on any atom is 0.00802 e. The Morgan fingerprint density at radius 3 is 2.79 bits per heavy atom. The van der Waals surface area contributed by atoms with Crippen molar-refractivity contribution in [2.45, 2.75) is 39.0 Å². The summed E-state index contributed by atoms with van der Waals surface area (Å²) in [7, 11) is 0. The molecule has 0 bridgehead atoms. The molecule has 0 aromatic carbocycles. The largest absolute Gasteiger partial charge is 0.315 e. The van der Waals surface area contributed by atoms with E-state index in [4.69, 9.17) is 0 Å². The van der Waals surface area contributed by atoms with Crippen molar-refractivity contribution >= 4 is 0 Å². The Bertz CT molecular complexity index is 175. The van der Waals surface area contributed by atoms with Gasteiger partial charge in [0, 0.05) is 25.0 Å². The molecule has 82 valence electrons. The van der Waals surface area contributed by atoms with Crippen LogP contribution in [0.15, 0.2) is 0 Å². The van der Waals surface area contributed by atoms with Crippen molar-refractivity contribution in [1.29, 1.82) is 0 Å². The molecule has 0 radical (unpaired) electrons. The topological polar surface area (TPSA) is 15.3 Å². The van der Waals surface area contributed by atoms with Crippen molar-refractivity contribution in [2.24, 2.45) is 5.41 Å². The molecule has 2 aliphatic rings. The highest BCUT2D eigenvalue weighted by Crippen LogP contribution is 2.33. The Hall–Kier alpha value is -0.0800. The third kappa shape index (κ3) is 2.29. The van der Waals surface area contributed by atoms with Crippen LogP contribution in [0.3, 0.4) is 0 Å². The Labute approximate surface area is 88.1 Å². The minimum absolute atomic E-state index is 0.685. The summed E-state index contributed by atoms with van der Waals surface area (Å²) in [6.45, 7) is 8.90. The molecule has 2 heteroatoms. The highest BCUT2D eigenvalue weighted by Gasteiger charge is 2.40. The van der Waals surface area contributed by atoms with E-state index in [1.165, 1.54) is 64.8 Å². The van der Waals surface area contributed by atoms with Gasteiger partial charge in [-0.2, -0.15) is 0 Å². The highest BCUT2D eigenvalue weighted by molar-refractivity contribution is 4.96. The molecule has 2 fully saturated rings. The second-order valence-corrected chi connectivity index (χ2v) is 5.19. The maximum absolute atomic E-state index is 3.43. The van der Waals surface area contributed by atoms with Crippen LogP contribution < -0.4 is 5.32 Å². The molecule has 0 aromatic heterocycles. The predicted octanol–water partition coefficient (Wildman–Crippen LogP) is 1.86. The van der Waals surface area contributed by atoms with Gasteiger partial charge in [0.15, 0.2) is 0 Å².